The van der Waals surface area contributed by atoms with Crippen LogP contribution in [0.1, 0.15) is 24.4 Å². The molecule has 5 rings (SSSR count). The Kier molecular flexibility index (Phi) is 4.98. The minimum Gasteiger partial charge on any atom is -0.361 e. The van der Waals surface area contributed by atoms with E-state index in [-0.39, 0.29) is 5.41 Å². The van der Waals surface area contributed by atoms with Crippen LogP contribution in [0.3, 0.4) is 0 Å². The zero-order chi connectivity index (χ0) is 22.5. The molecule has 0 spiro atoms. The molecule has 1 N–H and O–H groups in total. The lowest BCUT2D eigenvalue weighted by atomic mass is 9.80. The molecule has 0 amide bonds. The van der Waals surface area contributed by atoms with Crippen molar-refractivity contribution < 1.29 is 9.14 Å². The average Bonchev–Trinajstić information content (AvgIpc) is 3.18. The Morgan fingerprint density at radius 2 is 1.62 bits per heavy atom. The molecule has 0 aliphatic carbocycles. The topological polar surface area (TPSA) is 18.9 Å². The highest BCUT2D eigenvalue weighted by Crippen LogP contribution is 2.41. The van der Waals surface area contributed by atoms with Crippen LogP contribution in [0, 0.1) is 6.92 Å². The molecular weight excluding hydrogens is 410 g/mol. The third kappa shape index (κ3) is 3.35. The minimum absolute atomic E-state index is 0.0784. The number of rotatable bonds is 4. The molecule has 1 aromatic heterocycles. The van der Waals surface area contributed by atoms with Gasteiger partial charge in [0.15, 0.2) is 5.71 Å². The van der Waals surface area contributed by atoms with Crippen molar-refractivity contribution in [3.05, 3.63) is 89.6 Å². The number of aromatic nitrogens is 1. The standard InChI is InChI=1S/C28H28N3S/c1-19-30(4)25-14-12-21(18-26(25)32-19)20-11-13-24-23(17-20)28(2,3)27(31(24)5)15-16-29-22-9-7-6-8-10-22/h6-18H,1-5H3/q+1/p+1. The van der Waals surface area contributed by atoms with E-state index < -0.39 is 0 Å². The summed E-state index contributed by atoms with van der Waals surface area (Å²) in [5, 5.41) is 4.71. The molecular formula is C28H29N3S+2. The summed E-state index contributed by atoms with van der Waals surface area (Å²) in [7, 11) is 4.30. The summed E-state index contributed by atoms with van der Waals surface area (Å²) in [6.45, 7) is 6.80. The van der Waals surface area contributed by atoms with Gasteiger partial charge in [0, 0.05) is 42.6 Å². The van der Waals surface area contributed by atoms with Gasteiger partial charge in [-0.25, -0.2) is 0 Å². The zero-order valence-electron chi connectivity index (χ0n) is 19.3. The third-order valence-corrected chi connectivity index (χ3v) is 7.80. The van der Waals surface area contributed by atoms with E-state index in [0.29, 0.717) is 0 Å². The predicted molar refractivity (Wildman–Crippen MR) is 136 cm³/mol. The van der Waals surface area contributed by atoms with E-state index >= 15 is 0 Å². The van der Waals surface area contributed by atoms with Crippen molar-refractivity contribution in [2.75, 3.05) is 12.4 Å². The van der Waals surface area contributed by atoms with Crippen LogP contribution in [0.4, 0.5) is 11.4 Å². The van der Waals surface area contributed by atoms with Crippen molar-refractivity contribution in [2.45, 2.75) is 26.2 Å². The Balaban J connectivity index is 1.48. The van der Waals surface area contributed by atoms with Gasteiger partial charge in [-0.2, -0.15) is 9.14 Å². The van der Waals surface area contributed by atoms with E-state index in [0.717, 1.165) is 5.69 Å². The van der Waals surface area contributed by atoms with Gasteiger partial charge in [0.25, 0.3) is 0 Å². The van der Waals surface area contributed by atoms with Gasteiger partial charge in [-0.05, 0) is 61.4 Å². The largest absolute Gasteiger partial charge is 0.361 e. The van der Waals surface area contributed by atoms with E-state index in [1.54, 1.807) is 0 Å². The number of benzene rings is 3. The summed E-state index contributed by atoms with van der Waals surface area (Å²) in [4.78, 5) is 0. The maximum atomic E-state index is 3.39. The number of anilines is 1. The molecule has 4 heteroatoms. The van der Waals surface area contributed by atoms with Gasteiger partial charge in [-0.15, -0.1) is 0 Å². The summed E-state index contributed by atoms with van der Waals surface area (Å²) >= 11 is 1.86. The normalized spacial score (nSPS) is 15.0. The van der Waals surface area contributed by atoms with Crippen molar-refractivity contribution in [1.82, 2.24) is 0 Å². The van der Waals surface area contributed by atoms with Crippen molar-refractivity contribution >= 4 is 38.6 Å². The summed E-state index contributed by atoms with van der Waals surface area (Å²) in [6.07, 6.45) is 4.25. The number of nitrogens with one attached hydrogen (secondary N) is 1. The van der Waals surface area contributed by atoms with E-state index in [9.17, 15) is 0 Å². The maximum absolute atomic E-state index is 3.39. The Morgan fingerprint density at radius 1 is 0.906 bits per heavy atom. The number of hydrogen-bond donors (Lipinski definition) is 1. The number of aryl methyl sites for hydroxylation is 2. The fourth-order valence-corrected chi connectivity index (χ4v) is 5.77. The second-order valence-corrected chi connectivity index (χ2v) is 10.2. The molecule has 3 nitrogen and oxygen atoms in total. The number of hydrogen-bond acceptors (Lipinski definition) is 2. The van der Waals surface area contributed by atoms with Crippen LogP contribution < -0.4 is 9.88 Å². The lowest BCUT2D eigenvalue weighted by Gasteiger charge is -2.16. The number of para-hydroxylation sites is 1. The van der Waals surface area contributed by atoms with Crippen LogP contribution in [0.15, 0.2) is 79.0 Å². The van der Waals surface area contributed by atoms with E-state index in [1.165, 1.54) is 43.3 Å². The fraction of sp³-hybridized carbons (Fsp3) is 0.214. The van der Waals surface area contributed by atoms with Gasteiger partial charge in [-0.3, -0.25) is 0 Å². The molecule has 0 unspecified atom stereocenters. The van der Waals surface area contributed by atoms with Crippen molar-refractivity contribution in [2.24, 2.45) is 7.05 Å². The molecule has 32 heavy (non-hydrogen) atoms. The Bertz CT molecular complexity index is 1390. The second-order valence-electron chi connectivity index (χ2n) is 9.01. The SMILES string of the molecule is Cc1sc2cc(-c3ccc4c(c3)C(C)(C)C(/C=C/Nc3ccccc3)=[N+]4C)ccc2[n+]1C. The molecule has 2 heterocycles. The number of thiazole rings is 1. The summed E-state index contributed by atoms with van der Waals surface area (Å²) in [5.74, 6) is 0. The molecule has 0 saturated heterocycles. The number of allylic oxidation sites excluding steroid dienone is 1. The van der Waals surface area contributed by atoms with Gasteiger partial charge in [0.2, 0.25) is 16.2 Å². The average molecular weight is 440 g/mol. The van der Waals surface area contributed by atoms with Crippen LogP contribution in [0.2, 0.25) is 0 Å². The van der Waals surface area contributed by atoms with Crippen molar-refractivity contribution in [3.8, 4) is 11.1 Å². The smallest absolute Gasteiger partial charge is 0.234 e. The van der Waals surface area contributed by atoms with Crippen LogP contribution in [0.25, 0.3) is 21.3 Å². The molecule has 0 saturated carbocycles. The first-order valence-electron chi connectivity index (χ1n) is 11.0. The summed E-state index contributed by atoms with van der Waals surface area (Å²) in [6, 6.07) is 24.0. The number of fused-ring (bicyclic) bond motifs is 2. The van der Waals surface area contributed by atoms with Crippen LogP contribution in [-0.2, 0) is 12.5 Å². The molecule has 3 aromatic carbocycles. The lowest BCUT2D eigenvalue weighted by molar-refractivity contribution is -0.646. The Hall–Kier alpha value is -3.24. The third-order valence-electron chi connectivity index (χ3n) is 6.68. The quantitative estimate of drug-likeness (QED) is 0.368. The number of nitrogens with zero attached hydrogens (tertiary/aromatic N) is 2. The van der Waals surface area contributed by atoms with E-state index in [1.807, 2.05) is 35.7 Å². The summed E-state index contributed by atoms with van der Waals surface area (Å²) < 4.78 is 5.91. The van der Waals surface area contributed by atoms with Crippen LogP contribution in [0.5, 0.6) is 0 Å². The molecule has 4 aromatic rings. The zero-order valence-corrected chi connectivity index (χ0v) is 20.1. The van der Waals surface area contributed by atoms with Crippen molar-refractivity contribution in [3.63, 3.8) is 0 Å². The highest BCUT2D eigenvalue weighted by atomic mass is 32.1. The lowest BCUT2D eigenvalue weighted by Crippen LogP contribution is -2.28. The maximum Gasteiger partial charge on any atom is 0.234 e. The first-order chi connectivity index (χ1) is 15.4. The Labute approximate surface area is 194 Å². The van der Waals surface area contributed by atoms with Crippen molar-refractivity contribution in [1.29, 1.82) is 0 Å². The fourth-order valence-electron chi connectivity index (χ4n) is 4.72. The van der Waals surface area contributed by atoms with Gasteiger partial charge in [-0.1, -0.05) is 29.5 Å². The van der Waals surface area contributed by atoms with E-state index in [4.69, 9.17) is 0 Å². The minimum atomic E-state index is -0.0784. The van der Waals surface area contributed by atoms with Crippen LogP contribution >= 0.6 is 11.3 Å². The first-order valence-corrected chi connectivity index (χ1v) is 11.8. The molecule has 160 valence electrons. The van der Waals surface area contributed by atoms with E-state index in [2.05, 4.69) is 104 Å². The highest BCUT2D eigenvalue weighted by molar-refractivity contribution is 7.18. The van der Waals surface area contributed by atoms with Gasteiger partial charge >= 0.3 is 0 Å². The molecule has 1 aliphatic rings. The van der Waals surface area contributed by atoms with Gasteiger partial charge in [0.1, 0.15) is 18.8 Å². The van der Waals surface area contributed by atoms with Gasteiger partial charge in [0.05, 0.1) is 5.41 Å². The first kappa shape index (κ1) is 20.7. The molecule has 0 fully saturated rings. The highest BCUT2D eigenvalue weighted by Gasteiger charge is 2.43. The van der Waals surface area contributed by atoms with Crippen LogP contribution in [-0.4, -0.2) is 17.3 Å². The molecule has 0 atom stereocenters. The summed E-state index contributed by atoms with van der Waals surface area (Å²) in [5.41, 5.74) is 8.78. The van der Waals surface area contributed by atoms with Gasteiger partial charge < -0.3 is 5.32 Å². The monoisotopic (exact) mass is 439 g/mol. The predicted octanol–water partition coefficient (Wildman–Crippen LogP) is 6.33. The molecule has 1 aliphatic heterocycles. The Morgan fingerprint density at radius 3 is 2.41 bits per heavy atom. The molecule has 0 bridgehead atoms. The second kappa shape index (κ2) is 7.72. The molecule has 0 radical (unpaired) electrons.